The molecule has 3 heterocycles. The predicted octanol–water partition coefficient (Wildman–Crippen LogP) is 4.58. The highest BCUT2D eigenvalue weighted by molar-refractivity contribution is 7.22. The summed E-state index contributed by atoms with van der Waals surface area (Å²) in [4.78, 5) is 12.6. The van der Waals surface area contributed by atoms with E-state index in [4.69, 9.17) is 17.3 Å². The molecule has 0 radical (unpaired) electrons. The van der Waals surface area contributed by atoms with Gasteiger partial charge in [-0.05, 0) is 44.1 Å². The summed E-state index contributed by atoms with van der Waals surface area (Å²) in [5, 5.41) is 7.56. The number of benzene rings is 2. The molecule has 1 aliphatic heterocycles. The SMILES string of the molecule is Nc1nc2c(-c3c(Cl)cc4c(NC5CCNCC5)ncnc4c3F)ccc(F)c2s1. The third-order valence-electron chi connectivity index (χ3n) is 5.28. The van der Waals surface area contributed by atoms with E-state index in [0.717, 1.165) is 37.3 Å². The van der Waals surface area contributed by atoms with Gasteiger partial charge in [0.05, 0.1) is 15.2 Å². The van der Waals surface area contributed by atoms with E-state index in [1.807, 2.05) is 0 Å². The van der Waals surface area contributed by atoms with Crippen LogP contribution in [-0.2, 0) is 0 Å². The second-order valence-electron chi connectivity index (χ2n) is 7.16. The molecule has 10 heteroatoms. The number of fused-ring (bicyclic) bond motifs is 2. The second-order valence-corrected chi connectivity index (χ2v) is 8.60. The van der Waals surface area contributed by atoms with E-state index >= 15 is 4.39 Å². The standard InChI is InChI=1S/C20H17ClF2N6S/c21-12-7-11-16(26-8-27-19(11)28-9-3-5-25-6-4-9)15(23)14(12)10-1-2-13(22)18-17(10)29-20(24)30-18/h1-2,7-9,25H,3-6H2,(H2,24,29)(H,26,27,28). The van der Waals surface area contributed by atoms with E-state index in [-0.39, 0.29) is 37.5 Å². The van der Waals surface area contributed by atoms with Gasteiger partial charge in [-0.2, -0.15) is 0 Å². The minimum atomic E-state index is -0.604. The smallest absolute Gasteiger partial charge is 0.181 e. The highest BCUT2D eigenvalue weighted by Crippen LogP contribution is 2.41. The zero-order valence-corrected chi connectivity index (χ0v) is 17.2. The Hall–Kier alpha value is -2.62. The van der Waals surface area contributed by atoms with E-state index in [0.29, 0.717) is 16.8 Å². The van der Waals surface area contributed by atoms with Gasteiger partial charge in [-0.25, -0.2) is 23.7 Å². The Bertz CT molecular complexity index is 1270. The summed E-state index contributed by atoms with van der Waals surface area (Å²) in [7, 11) is 0. The van der Waals surface area contributed by atoms with Gasteiger partial charge in [0.15, 0.2) is 10.9 Å². The number of halogens is 3. The van der Waals surface area contributed by atoms with Crippen molar-refractivity contribution >= 4 is 55.0 Å². The van der Waals surface area contributed by atoms with Crippen molar-refractivity contribution in [1.29, 1.82) is 0 Å². The van der Waals surface area contributed by atoms with Gasteiger partial charge >= 0.3 is 0 Å². The first-order chi connectivity index (χ1) is 14.5. The van der Waals surface area contributed by atoms with Crippen molar-refractivity contribution in [1.82, 2.24) is 20.3 Å². The van der Waals surface area contributed by atoms with Crippen LogP contribution in [0.15, 0.2) is 24.5 Å². The van der Waals surface area contributed by atoms with Gasteiger partial charge in [0, 0.05) is 22.6 Å². The molecule has 0 unspecified atom stereocenters. The molecule has 5 rings (SSSR count). The number of aromatic nitrogens is 3. The number of rotatable bonds is 3. The maximum absolute atomic E-state index is 15.6. The van der Waals surface area contributed by atoms with Crippen molar-refractivity contribution in [2.75, 3.05) is 24.1 Å². The minimum Gasteiger partial charge on any atom is -0.375 e. The summed E-state index contributed by atoms with van der Waals surface area (Å²) in [6, 6.07) is 4.60. The number of nitrogens with one attached hydrogen (secondary N) is 2. The summed E-state index contributed by atoms with van der Waals surface area (Å²) >= 11 is 7.53. The van der Waals surface area contributed by atoms with Crippen molar-refractivity contribution < 1.29 is 8.78 Å². The van der Waals surface area contributed by atoms with E-state index in [1.165, 1.54) is 18.5 Å². The maximum Gasteiger partial charge on any atom is 0.181 e. The van der Waals surface area contributed by atoms with Gasteiger partial charge in [-0.1, -0.05) is 22.9 Å². The molecule has 0 saturated carbocycles. The molecule has 0 amide bonds. The van der Waals surface area contributed by atoms with E-state index in [9.17, 15) is 4.39 Å². The quantitative estimate of drug-likeness (QED) is 0.426. The molecular weight excluding hydrogens is 430 g/mol. The lowest BCUT2D eigenvalue weighted by Crippen LogP contribution is -2.35. The first kappa shape index (κ1) is 19.3. The average Bonchev–Trinajstić information content (AvgIpc) is 3.13. The van der Waals surface area contributed by atoms with E-state index in [1.54, 1.807) is 6.07 Å². The minimum absolute atomic E-state index is 0.117. The number of nitrogens with zero attached hydrogens (tertiary/aromatic N) is 3. The molecule has 0 spiro atoms. The summed E-state index contributed by atoms with van der Waals surface area (Å²) < 4.78 is 30.1. The normalized spacial score (nSPS) is 15.2. The highest BCUT2D eigenvalue weighted by Gasteiger charge is 2.23. The number of hydrogen-bond acceptors (Lipinski definition) is 7. The number of anilines is 2. The molecule has 6 nitrogen and oxygen atoms in total. The van der Waals surface area contributed by atoms with Crippen molar-refractivity contribution in [3.8, 4) is 11.1 Å². The van der Waals surface area contributed by atoms with Crippen LogP contribution in [0, 0.1) is 11.6 Å². The van der Waals surface area contributed by atoms with Gasteiger partial charge < -0.3 is 16.4 Å². The number of hydrogen-bond donors (Lipinski definition) is 3. The highest BCUT2D eigenvalue weighted by atomic mass is 35.5. The van der Waals surface area contributed by atoms with Crippen LogP contribution in [0.3, 0.4) is 0 Å². The Morgan fingerprint density at radius 1 is 1.17 bits per heavy atom. The van der Waals surface area contributed by atoms with Crippen LogP contribution in [0.4, 0.5) is 19.7 Å². The summed E-state index contributed by atoms with van der Waals surface area (Å²) in [5.41, 5.74) is 6.67. The molecule has 2 aromatic carbocycles. The topological polar surface area (TPSA) is 88.8 Å². The van der Waals surface area contributed by atoms with Crippen LogP contribution in [0.1, 0.15) is 12.8 Å². The van der Waals surface area contributed by atoms with Gasteiger partial charge in [0.1, 0.15) is 23.5 Å². The lowest BCUT2D eigenvalue weighted by Gasteiger charge is -2.24. The molecular formula is C20H17ClF2N6S. The third kappa shape index (κ3) is 3.23. The number of piperidine rings is 1. The van der Waals surface area contributed by atoms with Crippen molar-refractivity contribution in [3.63, 3.8) is 0 Å². The molecule has 1 saturated heterocycles. The fourth-order valence-electron chi connectivity index (χ4n) is 3.84. The molecule has 154 valence electrons. The maximum atomic E-state index is 15.6. The zero-order chi connectivity index (χ0) is 20.8. The first-order valence-corrected chi connectivity index (χ1v) is 10.7. The Balaban J connectivity index is 1.67. The molecule has 2 aromatic heterocycles. The van der Waals surface area contributed by atoms with Crippen LogP contribution >= 0.6 is 22.9 Å². The lowest BCUT2D eigenvalue weighted by atomic mass is 10.0. The van der Waals surface area contributed by atoms with Crippen LogP contribution in [-0.4, -0.2) is 34.1 Å². The number of nitrogens with two attached hydrogens (primary N) is 1. The second kappa shape index (κ2) is 7.57. The van der Waals surface area contributed by atoms with E-state index < -0.39 is 11.6 Å². The summed E-state index contributed by atoms with van der Waals surface area (Å²) in [6.07, 6.45) is 3.21. The van der Waals surface area contributed by atoms with Crippen LogP contribution in [0.5, 0.6) is 0 Å². The Labute approximate surface area is 179 Å². The molecule has 4 N–H and O–H groups in total. The summed E-state index contributed by atoms with van der Waals surface area (Å²) in [6.45, 7) is 1.83. The zero-order valence-electron chi connectivity index (χ0n) is 15.7. The molecule has 30 heavy (non-hydrogen) atoms. The Morgan fingerprint density at radius 2 is 1.97 bits per heavy atom. The third-order valence-corrected chi connectivity index (χ3v) is 6.47. The Morgan fingerprint density at radius 3 is 2.77 bits per heavy atom. The molecule has 0 atom stereocenters. The Kier molecular flexibility index (Phi) is 4.88. The monoisotopic (exact) mass is 446 g/mol. The van der Waals surface area contributed by atoms with Gasteiger partial charge in [0.25, 0.3) is 0 Å². The van der Waals surface area contributed by atoms with Crippen LogP contribution < -0.4 is 16.4 Å². The van der Waals surface area contributed by atoms with Gasteiger partial charge in [0.2, 0.25) is 0 Å². The first-order valence-electron chi connectivity index (χ1n) is 9.48. The van der Waals surface area contributed by atoms with Gasteiger partial charge in [-0.3, -0.25) is 0 Å². The number of thiazole rings is 1. The molecule has 0 aliphatic carbocycles. The van der Waals surface area contributed by atoms with Crippen molar-refractivity contribution in [2.24, 2.45) is 0 Å². The predicted molar refractivity (Wildman–Crippen MR) is 117 cm³/mol. The molecule has 1 fully saturated rings. The fraction of sp³-hybridized carbons (Fsp3) is 0.250. The van der Waals surface area contributed by atoms with Crippen LogP contribution in [0.25, 0.3) is 32.2 Å². The van der Waals surface area contributed by atoms with E-state index in [2.05, 4.69) is 25.6 Å². The average molecular weight is 447 g/mol. The van der Waals surface area contributed by atoms with Crippen LogP contribution in [0.2, 0.25) is 5.02 Å². The number of nitrogen functional groups attached to an aromatic ring is 1. The largest absolute Gasteiger partial charge is 0.375 e. The molecule has 0 bridgehead atoms. The lowest BCUT2D eigenvalue weighted by molar-refractivity contribution is 0.478. The summed E-state index contributed by atoms with van der Waals surface area (Å²) in [5.74, 6) is -0.523. The molecule has 1 aliphatic rings. The molecule has 4 aromatic rings. The fourth-order valence-corrected chi connectivity index (χ4v) is 4.90. The van der Waals surface area contributed by atoms with Crippen molar-refractivity contribution in [2.45, 2.75) is 18.9 Å². The van der Waals surface area contributed by atoms with Crippen molar-refractivity contribution in [3.05, 3.63) is 41.2 Å². The van der Waals surface area contributed by atoms with Gasteiger partial charge in [-0.15, -0.1) is 0 Å².